The fraction of sp³-hybridized carbons (Fsp3) is 0.0952. The highest BCUT2D eigenvalue weighted by Crippen LogP contribution is 2.20. The Hall–Kier alpha value is -3.57. The monoisotopic (exact) mass is 476 g/mol. The minimum atomic E-state index is -3.83. The molecule has 3 rings (SSSR count). The van der Waals surface area contributed by atoms with Crippen molar-refractivity contribution in [1.29, 1.82) is 0 Å². The topological polar surface area (TPSA) is 128 Å². The lowest BCUT2D eigenvalue weighted by molar-refractivity contribution is 0.262. The van der Waals surface area contributed by atoms with Gasteiger partial charge in [-0.1, -0.05) is 30.3 Å². The number of hydrogen-bond acceptors (Lipinski definition) is 7. The van der Waals surface area contributed by atoms with Crippen LogP contribution in [0.15, 0.2) is 78.9 Å². The van der Waals surface area contributed by atoms with Crippen molar-refractivity contribution in [1.82, 2.24) is 0 Å². The van der Waals surface area contributed by atoms with Crippen LogP contribution in [-0.2, 0) is 26.0 Å². The number of amides is 2. The van der Waals surface area contributed by atoms with Gasteiger partial charge in [0.2, 0.25) is 0 Å². The number of urea groups is 1. The second-order valence-corrected chi connectivity index (χ2v) is 9.83. The van der Waals surface area contributed by atoms with Crippen molar-refractivity contribution in [3.63, 3.8) is 0 Å². The van der Waals surface area contributed by atoms with Gasteiger partial charge in [-0.2, -0.15) is 16.8 Å². The molecule has 0 saturated heterocycles. The zero-order valence-electron chi connectivity index (χ0n) is 16.9. The average molecular weight is 477 g/mol. The molecular formula is C21H20N2O7S2. The molecule has 0 aliphatic carbocycles. The van der Waals surface area contributed by atoms with Crippen molar-refractivity contribution in [2.75, 3.05) is 16.9 Å². The molecule has 0 aliphatic heterocycles. The predicted octanol–water partition coefficient (Wildman–Crippen LogP) is 3.58. The molecule has 3 aromatic carbocycles. The molecule has 32 heavy (non-hydrogen) atoms. The lowest BCUT2D eigenvalue weighted by Crippen LogP contribution is -2.19. The van der Waals surface area contributed by atoms with Crippen LogP contribution in [-0.4, -0.2) is 29.1 Å². The summed E-state index contributed by atoms with van der Waals surface area (Å²) in [6, 6.07) is 19.7. The van der Waals surface area contributed by atoms with E-state index in [-0.39, 0.29) is 17.3 Å². The molecule has 0 aliphatic rings. The van der Waals surface area contributed by atoms with Crippen molar-refractivity contribution in [2.24, 2.45) is 0 Å². The Bertz CT molecular complexity index is 1270. The lowest BCUT2D eigenvalue weighted by atomic mass is 10.2. The standard InChI is InChI=1S/C21H20N2O7S2/c1-31(25,26)29-19-11-7-17(8-12-19)22-21(24)23-18-9-13-20(14-10-18)30-32(27,28)15-16-5-3-2-4-6-16/h2-14H,15H2,1H3,(H2,22,23,24). The molecule has 9 nitrogen and oxygen atoms in total. The Morgan fingerprint density at radius 3 is 1.66 bits per heavy atom. The Morgan fingerprint density at radius 1 is 0.719 bits per heavy atom. The quantitative estimate of drug-likeness (QED) is 0.476. The molecule has 2 amide bonds. The van der Waals surface area contributed by atoms with Gasteiger partial charge in [-0.3, -0.25) is 0 Å². The van der Waals surface area contributed by atoms with Gasteiger partial charge in [-0.25, -0.2) is 4.79 Å². The predicted molar refractivity (Wildman–Crippen MR) is 121 cm³/mol. The third-order valence-electron chi connectivity index (χ3n) is 3.88. The van der Waals surface area contributed by atoms with E-state index in [9.17, 15) is 21.6 Å². The van der Waals surface area contributed by atoms with Gasteiger partial charge < -0.3 is 19.0 Å². The highest BCUT2D eigenvalue weighted by Gasteiger charge is 2.14. The van der Waals surface area contributed by atoms with Gasteiger partial charge in [-0.05, 0) is 54.1 Å². The fourth-order valence-electron chi connectivity index (χ4n) is 2.61. The van der Waals surface area contributed by atoms with Crippen molar-refractivity contribution in [3.05, 3.63) is 84.4 Å². The molecule has 2 N–H and O–H groups in total. The van der Waals surface area contributed by atoms with Crippen LogP contribution in [0.2, 0.25) is 0 Å². The van der Waals surface area contributed by atoms with Crippen LogP contribution in [0.5, 0.6) is 11.5 Å². The Kier molecular flexibility index (Phi) is 7.01. The first-order valence-electron chi connectivity index (χ1n) is 9.22. The summed E-state index contributed by atoms with van der Waals surface area (Å²) in [4.78, 5) is 12.1. The molecule has 0 aromatic heterocycles. The van der Waals surface area contributed by atoms with E-state index < -0.39 is 26.3 Å². The summed E-state index contributed by atoms with van der Waals surface area (Å²) in [5.74, 6) is -0.0193. The van der Waals surface area contributed by atoms with E-state index in [1.54, 1.807) is 30.3 Å². The normalized spacial score (nSPS) is 11.4. The minimum Gasteiger partial charge on any atom is -0.383 e. The fourth-order valence-corrected chi connectivity index (χ4v) is 4.13. The summed E-state index contributed by atoms with van der Waals surface area (Å²) >= 11 is 0. The first kappa shape index (κ1) is 23.1. The minimum absolute atomic E-state index is 0.119. The summed E-state index contributed by atoms with van der Waals surface area (Å²) in [6.45, 7) is 0. The van der Waals surface area contributed by atoms with Crippen LogP contribution in [0.4, 0.5) is 16.2 Å². The van der Waals surface area contributed by atoms with E-state index in [1.807, 2.05) is 0 Å². The van der Waals surface area contributed by atoms with Gasteiger partial charge in [0.05, 0.1) is 6.26 Å². The van der Waals surface area contributed by atoms with E-state index in [4.69, 9.17) is 8.37 Å². The molecule has 0 fully saturated rings. The van der Waals surface area contributed by atoms with Crippen molar-refractivity contribution >= 4 is 37.6 Å². The zero-order valence-corrected chi connectivity index (χ0v) is 18.5. The van der Waals surface area contributed by atoms with Crippen LogP contribution in [0.3, 0.4) is 0 Å². The Morgan fingerprint density at radius 2 is 1.19 bits per heavy atom. The second-order valence-electron chi connectivity index (χ2n) is 6.69. The van der Waals surface area contributed by atoms with Crippen molar-refractivity contribution < 1.29 is 30.0 Å². The maximum absolute atomic E-state index is 12.2. The van der Waals surface area contributed by atoms with E-state index in [0.29, 0.717) is 16.9 Å². The van der Waals surface area contributed by atoms with Gasteiger partial charge in [-0.15, -0.1) is 0 Å². The van der Waals surface area contributed by atoms with E-state index in [1.165, 1.54) is 48.5 Å². The van der Waals surface area contributed by atoms with Crippen molar-refractivity contribution in [2.45, 2.75) is 5.75 Å². The molecule has 0 spiro atoms. The molecule has 0 unspecified atom stereocenters. The molecule has 0 saturated carbocycles. The molecule has 0 bridgehead atoms. The van der Waals surface area contributed by atoms with Gasteiger partial charge in [0.15, 0.2) is 0 Å². The first-order valence-corrected chi connectivity index (χ1v) is 12.6. The van der Waals surface area contributed by atoms with Crippen LogP contribution in [0, 0.1) is 0 Å². The van der Waals surface area contributed by atoms with Gasteiger partial charge in [0, 0.05) is 11.4 Å². The van der Waals surface area contributed by atoms with Gasteiger partial charge in [0.1, 0.15) is 17.3 Å². The summed E-state index contributed by atoms with van der Waals surface area (Å²) in [7, 11) is -7.46. The third-order valence-corrected chi connectivity index (χ3v) is 5.51. The average Bonchev–Trinajstić information content (AvgIpc) is 2.70. The number of nitrogens with one attached hydrogen (secondary N) is 2. The Labute approximate surface area is 186 Å². The molecule has 0 atom stereocenters. The maximum Gasteiger partial charge on any atom is 0.323 e. The summed E-state index contributed by atoms with van der Waals surface area (Å²) in [5.41, 5.74) is 1.43. The SMILES string of the molecule is CS(=O)(=O)Oc1ccc(NC(=O)Nc2ccc(OS(=O)(=O)Cc3ccccc3)cc2)cc1. The molecule has 0 heterocycles. The second kappa shape index (κ2) is 9.71. The molecule has 3 aromatic rings. The number of hydrogen-bond donors (Lipinski definition) is 2. The summed E-state index contributed by atoms with van der Waals surface area (Å²) in [5, 5.41) is 5.17. The van der Waals surface area contributed by atoms with Crippen LogP contribution >= 0.6 is 0 Å². The Balaban J connectivity index is 1.54. The van der Waals surface area contributed by atoms with E-state index >= 15 is 0 Å². The van der Waals surface area contributed by atoms with E-state index in [0.717, 1.165) is 6.26 Å². The smallest absolute Gasteiger partial charge is 0.323 e. The third kappa shape index (κ3) is 7.60. The van der Waals surface area contributed by atoms with Crippen LogP contribution in [0.1, 0.15) is 5.56 Å². The molecule has 168 valence electrons. The maximum atomic E-state index is 12.2. The number of carbonyl (C=O) groups is 1. The highest BCUT2D eigenvalue weighted by molar-refractivity contribution is 7.86. The highest BCUT2D eigenvalue weighted by atomic mass is 32.2. The number of benzene rings is 3. The number of rotatable bonds is 8. The van der Waals surface area contributed by atoms with Gasteiger partial charge in [0.25, 0.3) is 0 Å². The molecule has 0 radical (unpaired) electrons. The van der Waals surface area contributed by atoms with Crippen molar-refractivity contribution in [3.8, 4) is 11.5 Å². The largest absolute Gasteiger partial charge is 0.383 e. The number of anilines is 2. The van der Waals surface area contributed by atoms with E-state index in [2.05, 4.69) is 10.6 Å². The molecular weight excluding hydrogens is 456 g/mol. The first-order chi connectivity index (χ1) is 15.1. The number of carbonyl (C=O) groups excluding carboxylic acids is 1. The van der Waals surface area contributed by atoms with Gasteiger partial charge >= 0.3 is 26.3 Å². The summed E-state index contributed by atoms with van der Waals surface area (Å²) < 4.78 is 56.4. The lowest BCUT2D eigenvalue weighted by Gasteiger charge is -2.10. The zero-order chi connectivity index (χ0) is 23.2. The van der Waals surface area contributed by atoms with Crippen LogP contribution in [0.25, 0.3) is 0 Å². The molecule has 11 heteroatoms. The van der Waals surface area contributed by atoms with Crippen LogP contribution < -0.4 is 19.0 Å². The summed E-state index contributed by atoms with van der Waals surface area (Å²) in [6.07, 6.45) is 0.932.